The average molecular weight is 483 g/mol. The van der Waals surface area contributed by atoms with Crippen molar-refractivity contribution in [1.82, 2.24) is 20.0 Å². The van der Waals surface area contributed by atoms with Crippen LogP contribution in [-0.4, -0.2) is 53.4 Å². The molecule has 0 spiro atoms. The van der Waals surface area contributed by atoms with Crippen LogP contribution in [0.15, 0.2) is 47.7 Å². The lowest BCUT2D eigenvalue weighted by molar-refractivity contribution is 0.129. The second kappa shape index (κ2) is 11.2. The van der Waals surface area contributed by atoms with Crippen molar-refractivity contribution in [3.05, 3.63) is 48.3 Å². The monoisotopic (exact) mass is 483 g/mol. The van der Waals surface area contributed by atoms with Crippen LogP contribution in [0.5, 0.6) is 5.75 Å². The van der Waals surface area contributed by atoms with E-state index in [4.69, 9.17) is 4.74 Å². The molecular weight excluding hydrogens is 453 g/mol. The number of guanidine groups is 1. The lowest BCUT2D eigenvalue weighted by Crippen LogP contribution is -2.47. The van der Waals surface area contributed by atoms with E-state index < -0.39 is 0 Å². The Kier molecular flexibility index (Phi) is 8.90. The van der Waals surface area contributed by atoms with Gasteiger partial charge in [0.2, 0.25) is 0 Å². The normalized spacial score (nSPS) is 15.3. The molecule has 0 saturated carbocycles. The zero-order valence-electron chi connectivity index (χ0n) is 16.2. The van der Waals surface area contributed by atoms with Crippen molar-refractivity contribution in [2.75, 3.05) is 26.7 Å². The van der Waals surface area contributed by atoms with Gasteiger partial charge in [0.05, 0.1) is 6.20 Å². The first-order valence-corrected chi connectivity index (χ1v) is 9.39. The van der Waals surface area contributed by atoms with Crippen molar-refractivity contribution in [2.45, 2.75) is 31.8 Å². The van der Waals surface area contributed by atoms with Crippen molar-refractivity contribution in [2.24, 2.45) is 12.0 Å². The maximum absolute atomic E-state index is 6.07. The first kappa shape index (κ1) is 21.5. The van der Waals surface area contributed by atoms with E-state index in [1.54, 1.807) is 0 Å². The number of likely N-dealkylation sites (tertiary alicyclic amines) is 1. The molecule has 1 aromatic carbocycles. The molecule has 0 bridgehead atoms. The number of piperidine rings is 1. The molecule has 2 aromatic rings. The Bertz CT molecular complexity index is 695. The summed E-state index contributed by atoms with van der Waals surface area (Å²) in [6, 6.07) is 10.1. The van der Waals surface area contributed by atoms with Crippen LogP contribution >= 0.6 is 24.0 Å². The second-order valence-corrected chi connectivity index (χ2v) is 6.72. The summed E-state index contributed by atoms with van der Waals surface area (Å²) in [6.45, 7) is 2.86. The Hall–Kier alpha value is -1.77. The topological polar surface area (TPSA) is 54.7 Å². The van der Waals surface area contributed by atoms with Gasteiger partial charge in [0.1, 0.15) is 11.9 Å². The third-order valence-electron chi connectivity index (χ3n) is 4.68. The number of hydrogen-bond donors (Lipinski definition) is 1. The van der Waals surface area contributed by atoms with Gasteiger partial charge >= 0.3 is 0 Å². The van der Waals surface area contributed by atoms with Gasteiger partial charge in [-0.15, -0.1) is 24.0 Å². The van der Waals surface area contributed by atoms with E-state index in [2.05, 4.69) is 26.5 Å². The number of aromatic nitrogens is 2. The van der Waals surface area contributed by atoms with Gasteiger partial charge in [0, 0.05) is 52.8 Å². The highest BCUT2D eigenvalue weighted by atomic mass is 127. The molecule has 7 heteroatoms. The number of ether oxygens (including phenoxy) is 1. The van der Waals surface area contributed by atoms with Crippen LogP contribution in [0.3, 0.4) is 0 Å². The van der Waals surface area contributed by atoms with Crippen LogP contribution in [0.2, 0.25) is 0 Å². The highest BCUT2D eigenvalue weighted by molar-refractivity contribution is 14.0. The molecule has 3 rings (SSSR count). The number of nitrogens with zero attached hydrogens (tertiary/aromatic N) is 4. The first-order chi connectivity index (χ1) is 12.7. The molecule has 1 fully saturated rings. The molecule has 1 aromatic heterocycles. The van der Waals surface area contributed by atoms with Crippen LogP contribution in [0.1, 0.15) is 24.8 Å². The molecule has 0 aliphatic carbocycles. The highest BCUT2D eigenvalue weighted by Crippen LogP contribution is 2.18. The van der Waals surface area contributed by atoms with Gasteiger partial charge in [-0.25, -0.2) is 0 Å². The molecule has 0 radical (unpaired) electrons. The van der Waals surface area contributed by atoms with Gasteiger partial charge in [0.15, 0.2) is 5.96 Å². The standard InChI is InChI=1S/C20H29N5O.HI/c1-21-20(22-12-6-7-17-15-23-24(2)16-17)25-13-10-19(11-14-25)26-18-8-4-3-5-9-18;/h3-5,8-9,15-16,19H,6-7,10-14H2,1-2H3,(H,21,22);1H. The van der Waals surface area contributed by atoms with Crippen molar-refractivity contribution < 1.29 is 4.74 Å². The minimum atomic E-state index is 0. The fourth-order valence-corrected chi connectivity index (χ4v) is 3.30. The summed E-state index contributed by atoms with van der Waals surface area (Å²) in [5, 5.41) is 7.70. The van der Waals surface area contributed by atoms with E-state index in [1.807, 2.05) is 55.3 Å². The average Bonchev–Trinajstić information content (AvgIpc) is 3.09. The Balaban J connectivity index is 0.00000261. The van der Waals surface area contributed by atoms with Gasteiger partial charge < -0.3 is 15.0 Å². The Morgan fingerprint density at radius 2 is 2.00 bits per heavy atom. The summed E-state index contributed by atoms with van der Waals surface area (Å²) in [6.07, 6.45) is 8.44. The Morgan fingerprint density at radius 3 is 2.63 bits per heavy atom. The lowest BCUT2D eigenvalue weighted by atomic mass is 10.1. The molecule has 0 unspecified atom stereocenters. The highest BCUT2D eigenvalue weighted by Gasteiger charge is 2.22. The maximum atomic E-state index is 6.07. The number of benzene rings is 1. The minimum absolute atomic E-state index is 0. The minimum Gasteiger partial charge on any atom is -0.490 e. The number of nitrogens with one attached hydrogen (secondary N) is 1. The Labute approximate surface area is 179 Å². The van der Waals surface area contributed by atoms with Gasteiger partial charge in [-0.2, -0.15) is 5.10 Å². The van der Waals surface area contributed by atoms with Crippen molar-refractivity contribution in [1.29, 1.82) is 0 Å². The van der Waals surface area contributed by atoms with Crippen LogP contribution in [0.25, 0.3) is 0 Å². The zero-order valence-corrected chi connectivity index (χ0v) is 18.5. The van der Waals surface area contributed by atoms with Crippen molar-refractivity contribution >= 4 is 29.9 Å². The Morgan fingerprint density at radius 1 is 1.26 bits per heavy atom. The third-order valence-corrected chi connectivity index (χ3v) is 4.68. The number of aliphatic imine (C=N–C) groups is 1. The second-order valence-electron chi connectivity index (χ2n) is 6.72. The lowest BCUT2D eigenvalue weighted by Gasteiger charge is -2.34. The molecule has 6 nitrogen and oxygen atoms in total. The van der Waals surface area contributed by atoms with E-state index >= 15 is 0 Å². The van der Waals surface area contributed by atoms with Crippen LogP contribution < -0.4 is 10.1 Å². The number of halogens is 1. The third kappa shape index (κ3) is 6.71. The van der Waals surface area contributed by atoms with Crippen molar-refractivity contribution in [3.8, 4) is 5.75 Å². The maximum Gasteiger partial charge on any atom is 0.193 e. The summed E-state index contributed by atoms with van der Waals surface area (Å²) in [5.41, 5.74) is 1.28. The predicted octanol–water partition coefficient (Wildman–Crippen LogP) is 3.09. The number of hydrogen-bond acceptors (Lipinski definition) is 3. The molecule has 27 heavy (non-hydrogen) atoms. The molecule has 1 N–H and O–H groups in total. The van der Waals surface area contributed by atoms with Gasteiger partial charge in [-0.3, -0.25) is 9.67 Å². The number of rotatable bonds is 6. The summed E-state index contributed by atoms with van der Waals surface area (Å²) in [5.74, 6) is 1.96. The van der Waals surface area contributed by atoms with Gasteiger partial charge in [-0.1, -0.05) is 18.2 Å². The predicted molar refractivity (Wildman–Crippen MR) is 120 cm³/mol. The van der Waals surface area contributed by atoms with Crippen molar-refractivity contribution in [3.63, 3.8) is 0 Å². The number of aryl methyl sites for hydroxylation is 2. The summed E-state index contributed by atoms with van der Waals surface area (Å²) < 4.78 is 7.92. The van der Waals surface area contributed by atoms with Crippen LogP contribution in [-0.2, 0) is 13.5 Å². The summed E-state index contributed by atoms with van der Waals surface area (Å²) >= 11 is 0. The smallest absolute Gasteiger partial charge is 0.193 e. The van der Waals surface area contributed by atoms with E-state index in [0.717, 1.165) is 57.0 Å². The van der Waals surface area contributed by atoms with E-state index in [0.29, 0.717) is 0 Å². The van der Waals surface area contributed by atoms with Crippen LogP contribution in [0.4, 0.5) is 0 Å². The molecule has 1 saturated heterocycles. The largest absolute Gasteiger partial charge is 0.490 e. The van der Waals surface area contributed by atoms with Gasteiger partial charge in [-0.05, 0) is 30.5 Å². The summed E-state index contributed by atoms with van der Waals surface area (Å²) in [4.78, 5) is 6.77. The van der Waals surface area contributed by atoms with Gasteiger partial charge in [0.25, 0.3) is 0 Å². The van der Waals surface area contributed by atoms with E-state index in [9.17, 15) is 0 Å². The molecular formula is C20H30IN5O. The number of para-hydroxylation sites is 1. The summed E-state index contributed by atoms with van der Waals surface area (Å²) in [7, 11) is 3.81. The fourth-order valence-electron chi connectivity index (χ4n) is 3.30. The molecule has 0 atom stereocenters. The first-order valence-electron chi connectivity index (χ1n) is 9.39. The van der Waals surface area contributed by atoms with E-state index in [1.165, 1.54) is 5.56 Å². The van der Waals surface area contributed by atoms with E-state index in [-0.39, 0.29) is 30.1 Å². The zero-order chi connectivity index (χ0) is 18.2. The molecule has 2 heterocycles. The molecule has 0 amide bonds. The van der Waals surface area contributed by atoms with Crippen LogP contribution in [0, 0.1) is 0 Å². The molecule has 148 valence electrons. The SMILES string of the molecule is CN=C(NCCCc1cnn(C)c1)N1CCC(Oc2ccccc2)CC1.I. The molecule has 1 aliphatic heterocycles. The fraction of sp³-hybridized carbons (Fsp3) is 0.500. The quantitative estimate of drug-likeness (QED) is 0.297. The molecule has 1 aliphatic rings.